The smallest absolute Gasteiger partial charge is 0.252 e. The Hall–Kier alpha value is -0.680. The van der Waals surface area contributed by atoms with Crippen molar-refractivity contribution in [1.29, 1.82) is 0 Å². The summed E-state index contributed by atoms with van der Waals surface area (Å²) in [5.74, 6) is 1.34. The summed E-state index contributed by atoms with van der Waals surface area (Å²) in [6.07, 6.45) is 0.500. The molecule has 2 rings (SSSR count). The second kappa shape index (κ2) is 4.06. The second-order valence-corrected chi connectivity index (χ2v) is 4.39. The fourth-order valence-electron chi connectivity index (χ4n) is 1.61. The molecule has 1 aromatic heterocycles. The standard InChI is InChI=1S/C9H11ClN2O2S/c1-5-8(10)9(14-11-5)12-3-6(4-15)2-7(12)13/h6,15H,2-4H2,1H3. The molecule has 0 bridgehead atoms. The van der Waals surface area contributed by atoms with E-state index >= 15 is 0 Å². The van der Waals surface area contributed by atoms with Gasteiger partial charge in [-0.25, -0.2) is 0 Å². The molecular weight excluding hydrogens is 236 g/mol. The number of nitrogens with zero attached hydrogens (tertiary/aromatic N) is 2. The number of halogens is 1. The van der Waals surface area contributed by atoms with Crippen molar-refractivity contribution >= 4 is 36.0 Å². The molecule has 4 nitrogen and oxygen atoms in total. The zero-order chi connectivity index (χ0) is 11.0. The summed E-state index contributed by atoms with van der Waals surface area (Å²) in [5.41, 5.74) is 0.605. The van der Waals surface area contributed by atoms with Crippen molar-refractivity contribution in [2.45, 2.75) is 13.3 Å². The Labute approximate surface area is 98.0 Å². The largest absolute Gasteiger partial charge is 0.336 e. The van der Waals surface area contributed by atoms with Gasteiger partial charge in [0.2, 0.25) is 5.91 Å². The van der Waals surface area contributed by atoms with E-state index in [4.69, 9.17) is 16.1 Å². The molecule has 0 N–H and O–H groups in total. The van der Waals surface area contributed by atoms with Crippen LogP contribution in [0.15, 0.2) is 4.52 Å². The Kier molecular flexibility index (Phi) is 2.93. The molecule has 1 aliphatic heterocycles. The van der Waals surface area contributed by atoms with Crippen LogP contribution in [-0.4, -0.2) is 23.4 Å². The number of carbonyl (C=O) groups excluding carboxylic acids is 1. The van der Waals surface area contributed by atoms with Gasteiger partial charge in [-0.05, 0) is 18.6 Å². The van der Waals surface area contributed by atoms with Gasteiger partial charge < -0.3 is 4.52 Å². The molecule has 15 heavy (non-hydrogen) atoms. The maximum Gasteiger partial charge on any atom is 0.252 e. The minimum absolute atomic E-state index is 0.0205. The first-order chi connectivity index (χ1) is 7.13. The van der Waals surface area contributed by atoms with Gasteiger partial charge in [-0.3, -0.25) is 9.69 Å². The van der Waals surface area contributed by atoms with E-state index < -0.39 is 0 Å². The van der Waals surface area contributed by atoms with Crippen molar-refractivity contribution in [2.24, 2.45) is 5.92 Å². The summed E-state index contributed by atoms with van der Waals surface area (Å²) in [6.45, 7) is 2.35. The number of carbonyl (C=O) groups is 1. The molecule has 1 atom stereocenters. The van der Waals surface area contributed by atoms with E-state index in [0.29, 0.717) is 35.3 Å². The van der Waals surface area contributed by atoms with Crippen molar-refractivity contribution in [3.63, 3.8) is 0 Å². The van der Waals surface area contributed by atoms with E-state index in [1.807, 2.05) is 0 Å². The van der Waals surface area contributed by atoms with Gasteiger partial charge in [0.05, 0.1) is 0 Å². The van der Waals surface area contributed by atoms with Crippen molar-refractivity contribution in [3.8, 4) is 0 Å². The maximum absolute atomic E-state index is 11.7. The first kappa shape index (κ1) is 10.8. The maximum atomic E-state index is 11.7. The van der Waals surface area contributed by atoms with Gasteiger partial charge >= 0.3 is 0 Å². The summed E-state index contributed by atoms with van der Waals surface area (Å²) < 4.78 is 5.04. The van der Waals surface area contributed by atoms with Gasteiger partial charge in [-0.2, -0.15) is 12.6 Å². The van der Waals surface area contributed by atoms with Crippen LogP contribution >= 0.6 is 24.2 Å². The number of hydrogen-bond donors (Lipinski definition) is 1. The third-order valence-corrected chi connectivity index (χ3v) is 3.43. The first-order valence-electron chi connectivity index (χ1n) is 4.66. The molecule has 82 valence electrons. The molecule has 2 heterocycles. The quantitative estimate of drug-likeness (QED) is 0.811. The number of amides is 1. The van der Waals surface area contributed by atoms with Gasteiger partial charge in [-0.1, -0.05) is 16.8 Å². The number of rotatable bonds is 2. The highest BCUT2D eigenvalue weighted by atomic mass is 35.5. The summed E-state index contributed by atoms with van der Waals surface area (Å²) >= 11 is 10.2. The van der Waals surface area contributed by atoms with Gasteiger partial charge in [0.25, 0.3) is 5.88 Å². The number of aryl methyl sites for hydroxylation is 1. The number of hydrogen-bond acceptors (Lipinski definition) is 4. The topological polar surface area (TPSA) is 46.3 Å². The molecule has 1 aliphatic rings. The van der Waals surface area contributed by atoms with E-state index in [1.54, 1.807) is 11.8 Å². The van der Waals surface area contributed by atoms with Crippen molar-refractivity contribution in [2.75, 3.05) is 17.2 Å². The normalized spacial score (nSPS) is 21.4. The van der Waals surface area contributed by atoms with E-state index in [9.17, 15) is 4.79 Å². The average Bonchev–Trinajstić information content (AvgIpc) is 2.73. The predicted octanol–water partition coefficient (Wildman–Crippen LogP) is 1.92. The van der Waals surface area contributed by atoms with E-state index in [2.05, 4.69) is 17.8 Å². The molecule has 1 amide bonds. The van der Waals surface area contributed by atoms with Crippen LogP contribution in [0, 0.1) is 12.8 Å². The third kappa shape index (κ3) is 1.86. The molecule has 1 aromatic rings. The van der Waals surface area contributed by atoms with E-state index in [0.717, 1.165) is 0 Å². The predicted molar refractivity (Wildman–Crippen MR) is 60.6 cm³/mol. The Morgan fingerprint density at radius 3 is 2.93 bits per heavy atom. The van der Waals surface area contributed by atoms with Crippen LogP contribution in [0.4, 0.5) is 5.88 Å². The first-order valence-corrected chi connectivity index (χ1v) is 5.67. The van der Waals surface area contributed by atoms with Crippen LogP contribution < -0.4 is 4.90 Å². The number of aromatic nitrogens is 1. The van der Waals surface area contributed by atoms with Crippen LogP contribution in [0.25, 0.3) is 0 Å². The SMILES string of the molecule is Cc1noc(N2CC(CS)CC2=O)c1Cl. The monoisotopic (exact) mass is 246 g/mol. The minimum Gasteiger partial charge on any atom is -0.336 e. The molecule has 1 unspecified atom stereocenters. The number of anilines is 1. The molecular formula is C9H11ClN2O2S. The lowest BCUT2D eigenvalue weighted by Crippen LogP contribution is -2.24. The highest BCUT2D eigenvalue weighted by molar-refractivity contribution is 7.80. The van der Waals surface area contributed by atoms with Crippen molar-refractivity contribution in [3.05, 3.63) is 10.7 Å². The highest BCUT2D eigenvalue weighted by Crippen LogP contribution is 2.33. The summed E-state index contributed by atoms with van der Waals surface area (Å²) in [6, 6.07) is 0. The van der Waals surface area contributed by atoms with Crippen LogP contribution in [-0.2, 0) is 4.79 Å². The zero-order valence-corrected chi connectivity index (χ0v) is 9.89. The van der Waals surface area contributed by atoms with Gasteiger partial charge in [0.15, 0.2) is 0 Å². The lowest BCUT2D eigenvalue weighted by atomic mass is 10.1. The highest BCUT2D eigenvalue weighted by Gasteiger charge is 2.33. The Bertz CT molecular complexity index is 393. The van der Waals surface area contributed by atoms with E-state index in [1.165, 1.54) is 0 Å². The fourth-order valence-corrected chi connectivity index (χ4v) is 2.03. The summed E-state index contributed by atoms with van der Waals surface area (Å²) in [5, 5.41) is 4.15. The Morgan fingerprint density at radius 1 is 1.73 bits per heavy atom. The molecule has 1 saturated heterocycles. The lowest BCUT2D eigenvalue weighted by Gasteiger charge is -2.11. The fraction of sp³-hybridized carbons (Fsp3) is 0.556. The Balaban J connectivity index is 2.25. The van der Waals surface area contributed by atoms with Gasteiger partial charge in [-0.15, -0.1) is 0 Å². The van der Waals surface area contributed by atoms with Gasteiger partial charge in [0, 0.05) is 13.0 Å². The van der Waals surface area contributed by atoms with Gasteiger partial charge in [0.1, 0.15) is 10.7 Å². The molecule has 0 aliphatic carbocycles. The zero-order valence-electron chi connectivity index (χ0n) is 8.23. The summed E-state index contributed by atoms with van der Waals surface area (Å²) in [4.78, 5) is 13.2. The second-order valence-electron chi connectivity index (χ2n) is 3.64. The van der Waals surface area contributed by atoms with Crippen molar-refractivity contribution in [1.82, 2.24) is 5.16 Å². The van der Waals surface area contributed by atoms with Crippen LogP contribution in [0.5, 0.6) is 0 Å². The molecule has 6 heteroatoms. The molecule has 1 fully saturated rings. The van der Waals surface area contributed by atoms with Crippen LogP contribution in [0.3, 0.4) is 0 Å². The molecule has 0 saturated carbocycles. The minimum atomic E-state index is 0.0205. The third-order valence-electron chi connectivity index (χ3n) is 2.48. The van der Waals surface area contributed by atoms with E-state index in [-0.39, 0.29) is 11.8 Å². The molecule has 0 spiro atoms. The summed E-state index contributed by atoms with van der Waals surface area (Å²) in [7, 11) is 0. The molecule has 0 radical (unpaired) electrons. The Morgan fingerprint density at radius 2 is 2.47 bits per heavy atom. The average molecular weight is 247 g/mol. The number of thiol groups is 1. The molecule has 0 aromatic carbocycles. The van der Waals surface area contributed by atoms with Crippen LogP contribution in [0.2, 0.25) is 5.02 Å². The van der Waals surface area contributed by atoms with Crippen LogP contribution in [0.1, 0.15) is 12.1 Å². The lowest BCUT2D eigenvalue weighted by molar-refractivity contribution is -0.117. The van der Waals surface area contributed by atoms with Crippen molar-refractivity contribution < 1.29 is 9.32 Å².